The molecule has 86 valence electrons. The molecule has 16 heavy (non-hydrogen) atoms. The van der Waals surface area contributed by atoms with Crippen LogP contribution >= 0.6 is 11.6 Å². The van der Waals surface area contributed by atoms with E-state index in [1.165, 1.54) is 18.4 Å². The van der Waals surface area contributed by atoms with Crippen LogP contribution < -0.4 is 5.32 Å². The summed E-state index contributed by atoms with van der Waals surface area (Å²) in [5, 5.41) is 4.54. The van der Waals surface area contributed by atoms with Crippen molar-refractivity contribution in [3.63, 3.8) is 0 Å². The molecule has 2 aliphatic rings. The van der Waals surface area contributed by atoms with Crippen molar-refractivity contribution < 1.29 is 4.74 Å². The number of benzene rings is 1. The zero-order valence-electron chi connectivity index (χ0n) is 9.21. The molecule has 1 atom stereocenters. The van der Waals surface area contributed by atoms with Crippen LogP contribution in [0, 0.1) is 0 Å². The molecule has 3 rings (SSSR count). The first-order chi connectivity index (χ1) is 7.78. The first-order valence-electron chi connectivity index (χ1n) is 5.90. The van der Waals surface area contributed by atoms with Crippen LogP contribution in [-0.4, -0.2) is 19.3 Å². The molecule has 2 fully saturated rings. The van der Waals surface area contributed by atoms with Crippen LogP contribution in [0.1, 0.15) is 24.8 Å². The molecule has 0 spiro atoms. The largest absolute Gasteiger partial charge is 0.380 e. The predicted molar refractivity (Wildman–Crippen MR) is 64.7 cm³/mol. The van der Waals surface area contributed by atoms with Gasteiger partial charge in [0.05, 0.1) is 6.61 Å². The minimum Gasteiger partial charge on any atom is -0.380 e. The van der Waals surface area contributed by atoms with Gasteiger partial charge in [-0.05, 0) is 37.0 Å². The highest BCUT2D eigenvalue weighted by molar-refractivity contribution is 6.30. The lowest BCUT2D eigenvalue weighted by Gasteiger charge is -2.22. The first-order valence-corrected chi connectivity index (χ1v) is 6.28. The summed E-state index contributed by atoms with van der Waals surface area (Å²) in [4.78, 5) is 0. The molecule has 1 heterocycles. The molecule has 1 aromatic rings. The number of halogens is 1. The number of ether oxygens (including phenoxy) is 1. The van der Waals surface area contributed by atoms with E-state index in [2.05, 4.69) is 17.4 Å². The molecule has 1 saturated carbocycles. The van der Waals surface area contributed by atoms with Gasteiger partial charge in [-0.15, -0.1) is 0 Å². The second-order valence-electron chi connectivity index (χ2n) is 4.79. The van der Waals surface area contributed by atoms with Crippen molar-refractivity contribution in [2.45, 2.75) is 30.8 Å². The van der Waals surface area contributed by atoms with Gasteiger partial charge in [-0.25, -0.2) is 0 Å². The Kier molecular flexibility index (Phi) is 2.66. The maximum Gasteiger partial charge on any atom is 0.0620 e. The van der Waals surface area contributed by atoms with E-state index in [0.717, 1.165) is 24.7 Å². The highest BCUT2D eigenvalue weighted by atomic mass is 35.5. The second-order valence-corrected chi connectivity index (χ2v) is 5.23. The van der Waals surface area contributed by atoms with Gasteiger partial charge in [0.1, 0.15) is 0 Å². The van der Waals surface area contributed by atoms with Gasteiger partial charge in [-0.1, -0.05) is 23.7 Å². The molecule has 3 heteroatoms. The Hall–Kier alpha value is -0.570. The molecule has 1 aliphatic carbocycles. The van der Waals surface area contributed by atoms with Crippen molar-refractivity contribution in [3.05, 3.63) is 34.9 Å². The van der Waals surface area contributed by atoms with Crippen LogP contribution in [0.25, 0.3) is 0 Å². The van der Waals surface area contributed by atoms with E-state index >= 15 is 0 Å². The minimum absolute atomic E-state index is 0.211. The Balaban J connectivity index is 1.74. The van der Waals surface area contributed by atoms with Crippen molar-refractivity contribution in [1.82, 2.24) is 5.32 Å². The summed E-state index contributed by atoms with van der Waals surface area (Å²) in [6.07, 6.45) is 3.59. The van der Waals surface area contributed by atoms with E-state index in [1.54, 1.807) is 0 Å². The van der Waals surface area contributed by atoms with Crippen LogP contribution in [0.5, 0.6) is 0 Å². The summed E-state index contributed by atoms with van der Waals surface area (Å²) in [6, 6.07) is 8.75. The van der Waals surface area contributed by atoms with Crippen molar-refractivity contribution in [2.24, 2.45) is 0 Å². The Morgan fingerprint density at radius 3 is 2.56 bits per heavy atom. The first kappa shape index (κ1) is 10.6. The van der Waals surface area contributed by atoms with Crippen LogP contribution in [-0.2, 0) is 10.3 Å². The highest BCUT2D eigenvalue weighted by Crippen LogP contribution is 2.46. The van der Waals surface area contributed by atoms with E-state index in [4.69, 9.17) is 16.3 Å². The van der Waals surface area contributed by atoms with E-state index in [-0.39, 0.29) is 5.54 Å². The fourth-order valence-corrected chi connectivity index (χ4v) is 2.58. The monoisotopic (exact) mass is 237 g/mol. The standard InChI is InChI=1S/C13H16ClNO/c14-11-3-1-10(2-4-11)13(6-7-13)15-12-5-8-16-9-12/h1-4,12,15H,5-9H2/t12-/m1/s1. The maximum atomic E-state index is 5.91. The van der Waals surface area contributed by atoms with Crippen molar-refractivity contribution in [2.75, 3.05) is 13.2 Å². The highest BCUT2D eigenvalue weighted by Gasteiger charge is 2.45. The zero-order valence-corrected chi connectivity index (χ0v) is 9.96. The van der Waals surface area contributed by atoms with E-state index in [1.807, 2.05) is 12.1 Å². The van der Waals surface area contributed by atoms with Crippen LogP contribution in [0.2, 0.25) is 5.02 Å². The number of hydrogen-bond acceptors (Lipinski definition) is 2. The van der Waals surface area contributed by atoms with Gasteiger partial charge < -0.3 is 10.1 Å². The molecule has 0 radical (unpaired) electrons. The number of rotatable bonds is 3. The molecule has 1 aliphatic heterocycles. The van der Waals surface area contributed by atoms with Crippen molar-refractivity contribution in [1.29, 1.82) is 0 Å². The van der Waals surface area contributed by atoms with Crippen LogP contribution in [0.3, 0.4) is 0 Å². The van der Waals surface area contributed by atoms with Gasteiger partial charge in [0.25, 0.3) is 0 Å². The van der Waals surface area contributed by atoms with Gasteiger partial charge in [0.2, 0.25) is 0 Å². The van der Waals surface area contributed by atoms with Crippen LogP contribution in [0.4, 0.5) is 0 Å². The smallest absolute Gasteiger partial charge is 0.0620 e. The predicted octanol–water partition coefficient (Wildman–Crippen LogP) is 2.71. The van der Waals surface area contributed by atoms with Crippen molar-refractivity contribution >= 4 is 11.6 Å². The quantitative estimate of drug-likeness (QED) is 0.873. The molecule has 0 bridgehead atoms. The maximum absolute atomic E-state index is 5.91. The number of nitrogens with one attached hydrogen (secondary N) is 1. The topological polar surface area (TPSA) is 21.3 Å². The molecule has 1 N–H and O–H groups in total. The molecule has 1 aromatic carbocycles. The average Bonchev–Trinajstić information content (AvgIpc) is 2.88. The normalized spacial score (nSPS) is 26.9. The SMILES string of the molecule is Clc1ccc(C2(N[C@@H]3CCOC3)CC2)cc1. The van der Waals surface area contributed by atoms with Gasteiger partial charge in [-0.2, -0.15) is 0 Å². The molecular formula is C13H16ClNO. The summed E-state index contributed by atoms with van der Waals surface area (Å²) < 4.78 is 5.40. The molecule has 1 saturated heterocycles. The molecule has 0 amide bonds. The van der Waals surface area contributed by atoms with E-state index < -0.39 is 0 Å². The Labute approximate surface area is 101 Å². The van der Waals surface area contributed by atoms with Gasteiger partial charge in [-0.3, -0.25) is 0 Å². The van der Waals surface area contributed by atoms with Crippen molar-refractivity contribution in [3.8, 4) is 0 Å². The third-order valence-electron chi connectivity index (χ3n) is 3.56. The van der Waals surface area contributed by atoms with Gasteiger partial charge in [0, 0.05) is 23.2 Å². The Bertz CT molecular complexity index is 366. The third-order valence-corrected chi connectivity index (χ3v) is 3.81. The Morgan fingerprint density at radius 2 is 2.00 bits per heavy atom. The average molecular weight is 238 g/mol. The number of hydrogen-bond donors (Lipinski definition) is 1. The fraction of sp³-hybridized carbons (Fsp3) is 0.538. The third kappa shape index (κ3) is 1.97. The summed E-state index contributed by atoms with van der Waals surface area (Å²) in [6.45, 7) is 1.75. The fourth-order valence-electron chi connectivity index (χ4n) is 2.45. The van der Waals surface area contributed by atoms with Gasteiger partial charge in [0.15, 0.2) is 0 Å². The molecule has 0 aromatic heterocycles. The molecule has 0 unspecified atom stereocenters. The van der Waals surface area contributed by atoms with E-state index in [0.29, 0.717) is 6.04 Å². The minimum atomic E-state index is 0.211. The zero-order chi connectivity index (χ0) is 11.0. The lowest BCUT2D eigenvalue weighted by Crippen LogP contribution is -2.38. The van der Waals surface area contributed by atoms with E-state index in [9.17, 15) is 0 Å². The lowest BCUT2D eigenvalue weighted by atomic mass is 10.0. The lowest BCUT2D eigenvalue weighted by molar-refractivity contribution is 0.187. The Morgan fingerprint density at radius 1 is 1.25 bits per heavy atom. The second kappa shape index (κ2) is 4.02. The summed E-state index contributed by atoms with van der Waals surface area (Å²) in [5.41, 5.74) is 1.58. The summed E-state index contributed by atoms with van der Waals surface area (Å²) in [5.74, 6) is 0. The molecular weight excluding hydrogens is 222 g/mol. The summed E-state index contributed by atoms with van der Waals surface area (Å²) >= 11 is 5.91. The van der Waals surface area contributed by atoms with Gasteiger partial charge >= 0.3 is 0 Å². The van der Waals surface area contributed by atoms with Crippen LogP contribution in [0.15, 0.2) is 24.3 Å². The summed E-state index contributed by atoms with van der Waals surface area (Å²) in [7, 11) is 0. The molecule has 2 nitrogen and oxygen atoms in total.